The maximum Gasteiger partial charge on any atom is 0.205 e. The summed E-state index contributed by atoms with van der Waals surface area (Å²) in [6.45, 7) is 12.2. The fraction of sp³-hybridized carbons (Fsp3) is 0.286. The molecule has 2 aromatic heterocycles. The van der Waals surface area contributed by atoms with Gasteiger partial charge in [-0.3, -0.25) is 9.80 Å². The minimum absolute atomic E-state index is 0.628. The van der Waals surface area contributed by atoms with Gasteiger partial charge in [0.25, 0.3) is 0 Å². The van der Waals surface area contributed by atoms with Crippen molar-refractivity contribution in [1.82, 2.24) is 28.5 Å². The van der Waals surface area contributed by atoms with Crippen molar-refractivity contribution < 1.29 is 0 Å². The minimum Gasteiger partial charge on any atom is -0.344 e. The van der Waals surface area contributed by atoms with Gasteiger partial charge in [-0.1, -0.05) is 60.1 Å². The van der Waals surface area contributed by atoms with Crippen LogP contribution in [0.25, 0.3) is 22.8 Å². The molecular weight excluding hydrogens is 744 g/mol. The molecule has 0 spiro atoms. The number of aryl methyl sites for hydroxylation is 1. The second kappa shape index (κ2) is 18.4. The van der Waals surface area contributed by atoms with Gasteiger partial charge in [0.2, 0.25) is 10.3 Å². The number of halogens is 1. The molecule has 2 fully saturated rings. The van der Waals surface area contributed by atoms with Crippen molar-refractivity contribution in [3.05, 3.63) is 130 Å². The quantitative estimate of drug-likeness (QED) is 0.144. The summed E-state index contributed by atoms with van der Waals surface area (Å²) >= 11 is 8.83. The van der Waals surface area contributed by atoms with Crippen LogP contribution < -0.4 is 9.80 Å². The van der Waals surface area contributed by atoms with Gasteiger partial charge >= 0.3 is 0 Å². The van der Waals surface area contributed by atoms with Crippen LogP contribution >= 0.6 is 34.7 Å². The number of anilines is 2. The minimum atomic E-state index is 0.628. The summed E-state index contributed by atoms with van der Waals surface area (Å²) in [6, 6.07) is 35.9. The third-order valence-electron chi connectivity index (χ3n) is 9.92. The Kier molecular flexibility index (Phi) is 12.7. The highest BCUT2D eigenvalue weighted by Gasteiger charge is 2.22. The fourth-order valence-corrected chi connectivity index (χ4v) is 8.18. The van der Waals surface area contributed by atoms with Gasteiger partial charge in [0.05, 0.1) is 23.3 Å². The van der Waals surface area contributed by atoms with Crippen molar-refractivity contribution in [2.45, 2.75) is 19.9 Å². The topological polar surface area (TPSA) is 112 Å². The average molecular weight is 785 g/mol. The van der Waals surface area contributed by atoms with Gasteiger partial charge in [-0.2, -0.15) is 29.2 Å². The molecule has 4 aromatic carbocycles. The number of piperazine rings is 2. The summed E-state index contributed by atoms with van der Waals surface area (Å²) in [5, 5.41) is 20.7. The summed E-state index contributed by atoms with van der Waals surface area (Å²) in [5.41, 5.74) is 7.21. The van der Waals surface area contributed by atoms with Crippen LogP contribution in [0.4, 0.5) is 10.3 Å². The molecule has 278 valence electrons. The Bertz CT molecular complexity index is 2240. The summed E-state index contributed by atoms with van der Waals surface area (Å²) in [4.78, 5) is 19.0. The van der Waals surface area contributed by atoms with E-state index in [-0.39, 0.29) is 0 Å². The molecule has 0 saturated carbocycles. The summed E-state index contributed by atoms with van der Waals surface area (Å²) in [6.07, 6.45) is 1.04. The van der Waals surface area contributed by atoms with E-state index >= 15 is 0 Å². The maximum absolute atomic E-state index is 9.06. The van der Waals surface area contributed by atoms with Crippen LogP contribution in [0.3, 0.4) is 0 Å². The Balaban J connectivity index is 0.000000169. The lowest BCUT2D eigenvalue weighted by Crippen LogP contribution is -2.47. The number of hydrogen-bond donors (Lipinski definition) is 0. The number of nitrogens with zero attached hydrogens (tertiary/aromatic N) is 10. The lowest BCUT2D eigenvalue weighted by molar-refractivity contribution is 0.249. The Morgan fingerprint density at radius 3 is 1.85 bits per heavy atom. The van der Waals surface area contributed by atoms with Crippen LogP contribution in [0.15, 0.2) is 97.1 Å². The van der Waals surface area contributed by atoms with Crippen LogP contribution in [-0.2, 0) is 13.0 Å². The first kappa shape index (κ1) is 38.1. The summed E-state index contributed by atoms with van der Waals surface area (Å²) in [5.74, 6) is 1.43. The average Bonchev–Trinajstić information content (AvgIpc) is 3.94. The first-order valence-electron chi connectivity index (χ1n) is 18.4. The maximum atomic E-state index is 9.06. The summed E-state index contributed by atoms with van der Waals surface area (Å²) < 4.78 is 9.00. The van der Waals surface area contributed by atoms with Crippen molar-refractivity contribution in [2.24, 2.45) is 0 Å². The predicted molar refractivity (Wildman–Crippen MR) is 223 cm³/mol. The second-order valence-electron chi connectivity index (χ2n) is 13.6. The van der Waals surface area contributed by atoms with E-state index in [4.69, 9.17) is 32.1 Å². The van der Waals surface area contributed by atoms with Crippen LogP contribution in [0.2, 0.25) is 5.02 Å². The molecule has 10 nitrogen and oxygen atoms in total. The largest absolute Gasteiger partial charge is 0.344 e. The third-order valence-corrected chi connectivity index (χ3v) is 11.7. The molecule has 0 atom stereocenters. The molecule has 8 rings (SSSR count). The van der Waals surface area contributed by atoms with Gasteiger partial charge < -0.3 is 9.80 Å². The molecule has 0 unspecified atom stereocenters. The van der Waals surface area contributed by atoms with E-state index in [0.717, 1.165) is 104 Å². The van der Waals surface area contributed by atoms with E-state index in [1.165, 1.54) is 39.8 Å². The zero-order valence-electron chi connectivity index (χ0n) is 30.7. The van der Waals surface area contributed by atoms with Crippen molar-refractivity contribution >= 4 is 44.9 Å². The Morgan fingerprint density at radius 1 is 0.636 bits per heavy atom. The zero-order chi connectivity index (χ0) is 38.0. The van der Waals surface area contributed by atoms with Crippen LogP contribution in [0.1, 0.15) is 27.8 Å². The lowest BCUT2D eigenvalue weighted by Gasteiger charge is -2.34. The predicted octanol–water partition coefficient (Wildman–Crippen LogP) is 7.80. The molecule has 0 aliphatic carbocycles. The highest BCUT2D eigenvalue weighted by molar-refractivity contribution is 7.10. The number of hydrogen-bond acceptors (Lipinski definition) is 12. The van der Waals surface area contributed by atoms with Gasteiger partial charge in [-0.05, 0) is 78.6 Å². The van der Waals surface area contributed by atoms with Crippen molar-refractivity contribution in [1.29, 1.82) is 10.5 Å². The van der Waals surface area contributed by atoms with Gasteiger partial charge in [0, 0.05) is 105 Å². The first-order chi connectivity index (χ1) is 26.9. The van der Waals surface area contributed by atoms with Crippen molar-refractivity contribution in [3.8, 4) is 34.9 Å². The first-order valence-corrected chi connectivity index (χ1v) is 20.3. The highest BCUT2D eigenvalue weighted by Crippen LogP contribution is 2.27. The number of nitriles is 2. The Hall–Kier alpha value is -5.21. The molecule has 13 heteroatoms. The standard InChI is InChI=1S/C21H20ClN5S.C21H21N5S/c22-19-6-4-16(5-7-19)8-9-26-10-12-27(13-11-26)21-24-20(25-28-21)18-3-1-2-17(14-18)15-23;1-16-4-2-3-5-19(16)15-25-10-12-26(13-11-25)21-23-20(24-27-21)18-8-6-17(14-22)7-9-18/h1-7,14H,8-13H2;2-9H,10-13,15H2,1H3. The molecular formula is C42H41ClN10S2. The molecule has 0 N–H and O–H groups in total. The van der Waals surface area contributed by atoms with Crippen LogP contribution in [0, 0.1) is 29.6 Å². The summed E-state index contributed by atoms with van der Waals surface area (Å²) in [7, 11) is 0. The van der Waals surface area contributed by atoms with Crippen molar-refractivity contribution in [3.63, 3.8) is 0 Å². The van der Waals surface area contributed by atoms with Gasteiger partial charge in [-0.25, -0.2) is 0 Å². The fourth-order valence-electron chi connectivity index (χ4n) is 6.57. The van der Waals surface area contributed by atoms with Crippen molar-refractivity contribution in [2.75, 3.05) is 68.7 Å². The molecule has 0 amide bonds. The lowest BCUT2D eigenvalue weighted by atomic mass is 10.1. The monoisotopic (exact) mass is 784 g/mol. The molecule has 6 aromatic rings. The molecule has 55 heavy (non-hydrogen) atoms. The van der Waals surface area contributed by atoms with E-state index in [1.54, 1.807) is 18.2 Å². The molecule has 2 saturated heterocycles. The van der Waals surface area contributed by atoms with Gasteiger partial charge in [0.15, 0.2) is 11.6 Å². The number of rotatable bonds is 9. The van der Waals surface area contributed by atoms with Crippen LogP contribution in [0.5, 0.6) is 0 Å². The van der Waals surface area contributed by atoms with Gasteiger partial charge in [0.1, 0.15) is 0 Å². The third kappa shape index (κ3) is 10.1. The molecule has 2 aliphatic rings. The molecule has 0 radical (unpaired) electrons. The SMILES string of the molecule is Cc1ccccc1CN1CCN(c2nc(-c3ccc(C#N)cc3)ns2)CC1.N#Cc1cccc(-c2nsc(N3CCN(CCc4ccc(Cl)cc4)CC3)n2)c1. The second-order valence-corrected chi connectivity index (χ2v) is 15.5. The highest BCUT2D eigenvalue weighted by atomic mass is 35.5. The van der Waals surface area contributed by atoms with E-state index < -0.39 is 0 Å². The zero-order valence-corrected chi connectivity index (χ0v) is 33.1. The molecule has 0 bridgehead atoms. The van der Waals surface area contributed by atoms with Gasteiger partial charge in [-0.15, -0.1) is 0 Å². The smallest absolute Gasteiger partial charge is 0.205 e. The normalized spacial score (nSPS) is 14.8. The van der Waals surface area contributed by atoms with E-state index in [9.17, 15) is 0 Å². The molecule has 4 heterocycles. The van der Waals surface area contributed by atoms with E-state index in [1.807, 2.05) is 42.5 Å². The van der Waals surface area contributed by atoms with E-state index in [2.05, 4.69) is 83.8 Å². The number of aromatic nitrogens is 4. The Morgan fingerprint density at radius 2 is 1.24 bits per heavy atom. The number of benzene rings is 4. The van der Waals surface area contributed by atoms with Crippen LogP contribution in [-0.4, -0.2) is 87.4 Å². The Labute approximate surface area is 335 Å². The van der Waals surface area contributed by atoms with E-state index in [0.29, 0.717) is 17.0 Å². The molecule has 2 aliphatic heterocycles.